The van der Waals surface area contributed by atoms with E-state index in [2.05, 4.69) is 33.0 Å². The van der Waals surface area contributed by atoms with Crippen LogP contribution in [0.4, 0.5) is 0 Å². The van der Waals surface area contributed by atoms with Gasteiger partial charge in [-0.3, -0.25) is 4.79 Å². The van der Waals surface area contributed by atoms with Gasteiger partial charge in [0.25, 0.3) is 0 Å². The van der Waals surface area contributed by atoms with Crippen molar-refractivity contribution in [1.82, 2.24) is 5.32 Å². The van der Waals surface area contributed by atoms with E-state index in [-0.39, 0.29) is 12.5 Å². The van der Waals surface area contributed by atoms with Gasteiger partial charge in [-0.15, -0.1) is 0 Å². The van der Waals surface area contributed by atoms with Crippen LogP contribution >= 0.6 is 21.6 Å². The number of hydrogen-bond donors (Lipinski definition) is 6. The van der Waals surface area contributed by atoms with Gasteiger partial charge >= 0.3 is 0 Å². The molecule has 11 heteroatoms. The summed E-state index contributed by atoms with van der Waals surface area (Å²) in [6.45, 7) is 8.44. The van der Waals surface area contributed by atoms with E-state index in [1.807, 2.05) is 0 Å². The number of carbonyl (C=O) groups excluding carboxylic acids is 1. The summed E-state index contributed by atoms with van der Waals surface area (Å²) in [6.07, 6.45) is 36.9. The van der Waals surface area contributed by atoms with E-state index in [0.717, 1.165) is 38.5 Å². The summed E-state index contributed by atoms with van der Waals surface area (Å²) in [7, 11) is 3.15. The summed E-state index contributed by atoms with van der Waals surface area (Å²) in [4.78, 5) is 13.2. The molecule has 6 N–H and O–H groups in total. The van der Waals surface area contributed by atoms with Crippen molar-refractivity contribution in [2.24, 2.45) is 0 Å². The first-order chi connectivity index (χ1) is 31.1. The van der Waals surface area contributed by atoms with Crippen molar-refractivity contribution in [2.75, 3.05) is 12.4 Å². The number of hydrogen-bond acceptors (Lipinski definition) is 10. The smallest absolute Gasteiger partial charge is 0.220 e. The predicted molar refractivity (Wildman–Crippen MR) is 274 cm³/mol. The lowest BCUT2D eigenvalue weighted by molar-refractivity contribution is -0.294. The number of ether oxygens (including phenoxy) is 2. The maximum atomic E-state index is 13.2. The monoisotopic (exact) mass is 948 g/mol. The van der Waals surface area contributed by atoms with E-state index >= 15 is 0 Å². The Kier molecular flexibility index (Phi) is 42.7. The predicted octanol–water partition coefficient (Wildman–Crippen LogP) is 13.3. The maximum Gasteiger partial charge on any atom is 0.220 e. The highest BCUT2D eigenvalue weighted by Gasteiger charge is 2.45. The quantitative estimate of drug-likeness (QED) is 0.0257. The first-order valence-corrected chi connectivity index (χ1v) is 29.7. The summed E-state index contributed by atoms with van der Waals surface area (Å²) >= 11 is 0. The van der Waals surface area contributed by atoms with E-state index < -0.39 is 49.0 Å². The van der Waals surface area contributed by atoms with Crippen LogP contribution in [0.2, 0.25) is 0 Å². The third kappa shape index (κ3) is 34.2. The zero-order chi connectivity index (χ0) is 46.9. The Bertz CT molecular complexity index is 1010. The molecule has 0 bridgehead atoms. The molecule has 0 radical (unpaired) electrons. The molecule has 1 aliphatic rings. The van der Waals surface area contributed by atoms with Gasteiger partial charge in [0.1, 0.15) is 24.4 Å². The molecule has 0 aromatic heterocycles. The first kappa shape index (κ1) is 61.9. The van der Waals surface area contributed by atoms with Crippen molar-refractivity contribution in [3.05, 3.63) is 0 Å². The largest absolute Gasteiger partial charge is 0.390 e. The van der Waals surface area contributed by atoms with Crippen LogP contribution in [-0.4, -0.2) is 98.0 Å². The van der Waals surface area contributed by atoms with Crippen molar-refractivity contribution >= 4 is 27.5 Å². The van der Waals surface area contributed by atoms with Crippen LogP contribution in [0.1, 0.15) is 265 Å². The van der Waals surface area contributed by atoms with Crippen LogP contribution in [0.15, 0.2) is 0 Å². The molecule has 0 spiro atoms. The summed E-state index contributed by atoms with van der Waals surface area (Å²) < 4.78 is 11.8. The molecular formula is C53H105NO8S2. The van der Waals surface area contributed by atoms with E-state index in [1.165, 1.54) is 197 Å². The maximum absolute atomic E-state index is 13.2. The van der Waals surface area contributed by atoms with Gasteiger partial charge in [-0.05, 0) is 12.8 Å². The van der Waals surface area contributed by atoms with Gasteiger partial charge in [0.15, 0.2) is 6.29 Å². The Hall–Kier alpha value is -0.110. The molecule has 1 heterocycles. The Balaban J connectivity index is 2.37. The fraction of sp³-hybridized carbons (Fsp3) is 0.981. The number of unbranched alkanes of at least 4 members (excludes halogenated alkanes) is 33. The van der Waals surface area contributed by atoms with Gasteiger partial charge in [0.2, 0.25) is 5.91 Å². The Morgan fingerprint density at radius 1 is 0.547 bits per heavy atom. The second-order valence-electron chi connectivity index (χ2n) is 19.7. The molecule has 0 aromatic rings. The summed E-state index contributed by atoms with van der Waals surface area (Å²) in [5.41, 5.74) is 0. The molecule has 1 fully saturated rings. The van der Waals surface area contributed by atoms with Gasteiger partial charge in [0.05, 0.1) is 24.9 Å². The van der Waals surface area contributed by atoms with Gasteiger partial charge in [-0.2, -0.15) is 0 Å². The first-order valence-electron chi connectivity index (χ1n) is 27.4. The minimum atomic E-state index is -1.51. The number of aliphatic hydroxyl groups excluding tert-OH is 5. The SMILES string of the molecule is CCCCCCCCCCCCCCCCCCCCCCCCCC(=O)N[C@@H](CO[C@H]1OC(CSSC(C)C)[C@H](O)[C@H](O)C1O)C(O)[C@H](O)CCCCCCCCCCCCCC. The fourth-order valence-corrected chi connectivity index (χ4v) is 11.1. The molecule has 0 saturated carbocycles. The average molecular weight is 949 g/mol. The number of aliphatic hydroxyl groups is 5. The van der Waals surface area contributed by atoms with Gasteiger partial charge < -0.3 is 40.3 Å². The molecule has 3 unspecified atom stereocenters. The van der Waals surface area contributed by atoms with E-state index in [0.29, 0.717) is 23.8 Å². The third-order valence-electron chi connectivity index (χ3n) is 13.1. The van der Waals surface area contributed by atoms with Crippen molar-refractivity contribution in [3.63, 3.8) is 0 Å². The standard InChI is InChI=1S/C53H105NO8S2/c1-5-7-9-11-13-15-17-19-20-21-22-23-24-25-26-27-28-29-31-33-35-37-39-41-48(56)54-45(42-61-53-52(60)51(59)50(58)47(62-53)43-63-64-44(3)4)49(57)46(55)40-38-36-34-32-30-18-16-14-12-10-8-6-2/h44-47,49-53,55,57-60H,5-43H2,1-4H3,(H,54,56)/t45-,46+,47?,49?,50-,51-,52?,53-/m0/s1. The topological polar surface area (TPSA) is 149 Å². The van der Waals surface area contributed by atoms with Crippen LogP contribution in [0, 0.1) is 0 Å². The molecule has 1 aliphatic heterocycles. The van der Waals surface area contributed by atoms with Crippen molar-refractivity contribution in [2.45, 2.75) is 319 Å². The lowest BCUT2D eigenvalue weighted by Gasteiger charge is -2.41. The molecular weight excluding hydrogens is 843 g/mol. The average Bonchev–Trinajstić information content (AvgIpc) is 3.28. The molecule has 1 rings (SSSR count). The molecule has 1 saturated heterocycles. The van der Waals surface area contributed by atoms with Gasteiger partial charge in [0, 0.05) is 17.4 Å². The summed E-state index contributed by atoms with van der Waals surface area (Å²) in [5.74, 6) is 0.169. The summed E-state index contributed by atoms with van der Waals surface area (Å²) in [6, 6.07) is -0.937. The van der Waals surface area contributed by atoms with Gasteiger partial charge in [-0.25, -0.2) is 0 Å². The number of carbonyl (C=O) groups is 1. The molecule has 8 atom stereocenters. The van der Waals surface area contributed by atoms with E-state index in [1.54, 1.807) is 10.8 Å². The van der Waals surface area contributed by atoms with Crippen LogP contribution < -0.4 is 5.32 Å². The number of rotatable bonds is 47. The highest BCUT2D eigenvalue weighted by molar-refractivity contribution is 8.76. The van der Waals surface area contributed by atoms with Crippen molar-refractivity contribution in [1.29, 1.82) is 0 Å². The highest BCUT2D eigenvalue weighted by atomic mass is 33.1. The molecule has 0 aliphatic carbocycles. The molecule has 64 heavy (non-hydrogen) atoms. The second kappa shape index (κ2) is 44.1. The molecule has 0 aromatic carbocycles. The Morgan fingerprint density at radius 2 is 0.922 bits per heavy atom. The fourth-order valence-electron chi connectivity index (χ4n) is 8.84. The Labute approximate surface area is 402 Å². The van der Waals surface area contributed by atoms with Crippen LogP contribution in [0.3, 0.4) is 0 Å². The van der Waals surface area contributed by atoms with E-state index in [4.69, 9.17) is 9.47 Å². The van der Waals surface area contributed by atoms with Crippen LogP contribution in [-0.2, 0) is 14.3 Å². The van der Waals surface area contributed by atoms with Crippen LogP contribution in [0.5, 0.6) is 0 Å². The van der Waals surface area contributed by atoms with Gasteiger partial charge in [-0.1, -0.05) is 268 Å². The second-order valence-corrected chi connectivity index (χ2v) is 22.7. The molecule has 382 valence electrons. The van der Waals surface area contributed by atoms with Crippen molar-refractivity contribution in [3.8, 4) is 0 Å². The van der Waals surface area contributed by atoms with Crippen LogP contribution in [0.25, 0.3) is 0 Å². The number of amides is 1. The minimum Gasteiger partial charge on any atom is -0.390 e. The highest BCUT2D eigenvalue weighted by Crippen LogP contribution is 2.32. The lowest BCUT2D eigenvalue weighted by Crippen LogP contribution is -2.60. The zero-order valence-corrected chi connectivity index (χ0v) is 43.7. The molecule has 1 amide bonds. The van der Waals surface area contributed by atoms with E-state index in [9.17, 15) is 30.3 Å². The third-order valence-corrected chi connectivity index (χ3v) is 16.1. The lowest BCUT2D eigenvalue weighted by atomic mass is 9.98. The summed E-state index contributed by atoms with van der Waals surface area (Å²) in [5, 5.41) is 57.6. The number of nitrogens with one attached hydrogen (secondary N) is 1. The molecule has 9 nitrogen and oxygen atoms in total. The normalized spacial score (nSPS) is 20.5. The van der Waals surface area contributed by atoms with Crippen molar-refractivity contribution < 1.29 is 39.8 Å². The zero-order valence-electron chi connectivity index (χ0n) is 42.1. The Morgan fingerprint density at radius 3 is 1.31 bits per heavy atom. The minimum absolute atomic E-state index is 0.214.